The van der Waals surface area contributed by atoms with Gasteiger partial charge in [-0.3, -0.25) is 4.79 Å². The van der Waals surface area contributed by atoms with Gasteiger partial charge in [-0.05, 0) is 29.8 Å². The van der Waals surface area contributed by atoms with E-state index in [4.69, 9.17) is 31.0 Å². The molecule has 1 saturated heterocycles. The Morgan fingerprint density at radius 2 is 1.87 bits per heavy atom. The number of anilines is 1. The van der Waals surface area contributed by atoms with Crippen molar-refractivity contribution in [2.24, 2.45) is 0 Å². The Labute approximate surface area is 179 Å². The molecule has 12 heteroatoms. The summed E-state index contributed by atoms with van der Waals surface area (Å²) in [6.07, 6.45) is -3.49. The Morgan fingerprint density at radius 1 is 1.16 bits per heavy atom. The van der Waals surface area contributed by atoms with Crippen molar-refractivity contribution in [3.05, 3.63) is 47.1 Å². The maximum Gasteiger partial charge on any atom is 0.490 e. The van der Waals surface area contributed by atoms with Crippen molar-refractivity contribution in [3.8, 4) is 11.5 Å². The van der Waals surface area contributed by atoms with Gasteiger partial charge in [0.25, 0.3) is 0 Å². The summed E-state index contributed by atoms with van der Waals surface area (Å²) in [5.41, 5.74) is 1.03. The summed E-state index contributed by atoms with van der Waals surface area (Å²) in [5.74, 6) is -0.411. The summed E-state index contributed by atoms with van der Waals surface area (Å²) >= 11 is 5.86. The number of amides is 1. The number of carboxylic acids is 1. The van der Waals surface area contributed by atoms with Gasteiger partial charge in [0.15, 0.2) is 11.5 Å². The van der Waals surface area contributed by atoms with Crippen LogP contribution in [0.15, 0.2) is 36.5 Å². The van der Waals surface area contributed by atoms with Gasteiger partial charge in [-0.2, -0.15) is 13.2 Å². The van der Waals surface area contributed by atoms with E-state index in [1.807, 2.05) is 34.1 Å². The molecule has 2 aromatic rings. The third-order valence-corrected chi connectivity index (χ3v) is 4.63. The summed E-state index contributed by atoms with van der Waals surface area (Å²) in [5, 5.41) is 7.71. The second kappa shape index (κ2) is 9.29. The highest BCUT2D eigenvalue weighted by atomic mass is 35.5. The highest BCUT2D eigenvalue weighted by Crippen LogP contribution is 2.33. The number of hydrogen-bond donors (Lipinski definition) is 1. The molecular formula is C19H17ClF3N3O5. The lowest BCUT2D eigenvalue weighted by Gasteiger charge is -2.35. The van der Waals surface area contributed by atoms with Gasteiger partial charge in [0, 0.05) is 25.8 Å². The number of hydrogen-bond acceptors (Lipinski definition) is 6. The predicted molar refractivity (Wildman–Crippen MR) is 103 cm³/mol. The number of pyridine rings is 1. The van der Waals surface area contributed by atoms with Gasteiger partial charge in [0.05, 0.1) is 11.6 Å². The molecule has 0 aliphatic carbocycles. The fourth-order valence-electron chi connectivity index (χ4n) is 2.89. The van der Waals surface area contributed by atoms with E-state index in [-0.39, 0.29) is 12.7 Å². The maximum atomic E-state index is 12.5. The van der Waals surface area contributed by atoms with E-state index in [9.17, 15) is 18.0 Å². The summed E-state index contributed by atoms with van der Waals surface area (Å²) < 4.78 is 42.4. The van der Waals surface area contributed by atoms with Gasteiger partial charge in [-0.15, -0.1) is 0 Å². The zero-order valence-electron chi connectivity index (χ0n) is 15.9. The van der Waals surface area contributed by atoms with Crippen molar-refractivity contribution in [2.75, 3.05) is 31.3 Å². The van der Waals surface area contributed by atoms with Crippen molar-refractivity contribution >= 4 is 29.3 Å². The smallest absolute Gasteiger partial charge is 0.475 e. The molecule has 0 spiro atoms. The van der Waals surface area contributed by atoms with Crippen LogP contribution in [0.4, 0.5) is 19.0 Å². The monoisotopic (exact) mass is 459 g/mol. The van der Waals surface area contributed by atoms with Crippen molar-refractivity contribution < 1.29 is 37.3 Å². The maximum absolute atomic E-state index is 12.5. The number of carbonyl (C=O) groups is 2. The number of rotatable bonds is 3. The van der Waals surface area contributed by atoms with E-state index in [0.29, 0.717) is 24.7 Å². The van der Waals surface area contributed by atoms with E-state index >= 15 is 0 Å². The minimum absolute atomic E-state index is 0.0793. The fraction of sp³-hybridized carbons (Fsp3) is 0.316. The minimum atomic E-state index is -5.08. The van der Waals surface area contributed by atoms with E-state index in [2.05, 4.69) is 4.98 Å². The summed E-state index contributed by atoms with van der Waals surface area (Å²) in [6.45, 7) is 2.53. The van der Waals surface area contributed by atoms with Crippen LogP contribution in [0.25, 0.3) is 0 Å². The third kappa shape index (κ3) is 5.91. The highest BCUT2D eigenvalue weighted by molar-refractivity contribution is 6.30. The molecule has 1 fully saturated rings. The first kappa shape index (κ1) is 22.5. The Bertz CT molecular complexity index is 956. The SMILES string of the molecule is O=C(O)C(F)(F)F.O=C1CN(c2ccc(Cl)cn2)CCN1Cc1ccc2c(c1)OCO2. The minimum Gasteiger partial charge on any atom is -0.475 e. The quantitative estimate of drug-likeness (QED) is 0.754. The number of benzene rings is 1. The van der Waals surface area contributed by atoms with Crippen molar-refractivity contribution in [3.63, 3.8) is 0 Å². The number of carboxylic acid groups (broad SMARTS) is 1. The van der Waals surface area contributed by atoms with Crippen LogP contribution in [0.1, 0.15) is 5.56 Å². The Kier molecular flexibility index (Phi) is 6.74. The van der Waals surface area contributed by atoms with Gasteiger partial charge < -0.3 is 24.4 Å². The second-order valence-corrected chi connectivity index (χ2v) is 7.00. The van der Waals surface area contributed by atoms with Crippen LogP contribution in [0.3, 0.4) is 0 Å². The highest BCUT2D eigenvalue weighted by Gasteiger charge is 2.38. The Hall–Kier alpha value is -3.21. The Morgan fingerprint density at radius 3 is 2.48 bits per heavy atom. The topological polar surface area (TPSA) is 92.2 Å². The van der Waals surface area contributed by atoms with Gasteiger partial charge >= 0.3 is 12.1 Å². The molecule has 4 rings (SSSR count). The van der Waals surface area contributed by atoms with Crippen LogP contribution < -0.4 is 14.4 Å². The molecular weight excluding hydrogens is 443 g/mol. The molecule has 0 radical (unpaired) electrons. The summed E-state index contributed by atoms with van der Waals surface area (Å²) in [4.78, 5) is 29.4. The molecule has 2 aliphatic heterocycles. The number of aromatic nitrogens is 1. The van der Waals surface area contributed by atoms with Crippen LogP contribution in [-0.2, 0) is 16.1 Å². The third-order valence-electron chi connectivity index (χ3n) is 4.41. The van der Waals surface area contributed by atoms with Crippen LogP contribution in [0.2, 0.25) is 5.02 Å². The number of carbonyl (C=O) groups excluding carboxylic acids is 1. The molecule has 2 aliphatic rings. The molecule has 3 heterocycles. The lowest BCUT2D eigenvalue weighted by molar-refractivity contribution is -0.192. The van der Waals surface area contributed by atoms with E-state index in [0.717, 1.165) is 29.4 Å². The molecule has 166 valence electrons. The fourth-order valence-corrected chi connectivity index (χ4v) is 3.00. The van der Waals surface area contributed by atoms with E-state index in [1.165, 1.54) is 0 Å². The molecule has 1 aromatic heterocycles. The van der Waals surface area contributed by atoms with E-state index < -0.39 is 12.1 Å². The first-order chi connectivity index (χ1) is 14.6. The van der Waals surface area contributed by atoms with Gasteiger partial charge in [-0.1, -0.05) is 17.7 Å². The molecule has 8 nitrogen and oxygen atoms in total. The van der Waals surface area contributed by atoms with Crippen LogP contribution >= 0.6 is 11.6 Å². The Balaban J connectivity index is 0.000000339. The summed E-state index contributed by atoms with van der Waals surface area (Å²) in [7, 11) is 0. The zero-order chi connectivity index (χ0) is 22.6. The average Bonchev–Trinajstić information content (AvgIpc) is 3.18. The summed E-state index contributed by atoms with van der Waals surface area (Å²) in [6, 6.07) is 9.41. The lowest BCUT2D eigenvalue weighted by atomic mass is 10.1. The number of piperazine rings is 1. The standard InChI is InChI=1S/C17H16ClN3O3.C2HF3O2/c18-13-2-4-16(19-8-13)20-5-6-21(17(22)10-20)9-12-1-3-14-15(7-12)24-11-23-14;3-2(4,5)1(6)7/h1-4,7-8H,5-6,9-11H2;(H,6,7). The molecule has 1 aromatic carbocycles. The van der Waals surface area contributed by atoms with Crippen LogP contribution in [0, 0.1) is 0 Å². The molecule has 31 heavy (non-hydrogen) atoms. The number of aliphatic carboxylic acids is 1. The van der Waals surface area contributed by atoms with Gasteiger partial charge in [0.2, 0.25) is 12.7 Å². The molecule has 0 atom stereocenters. The van der Waals surface area contributed by atoms with Crippen molar-refractivity contribution in [1.82, 2.24) is 9.88 Å². The van der Waals surface area contributed by atoms with Gasteiger partial charge in [0.1, 0.15) is 5.82 Å². The number of nitrogens with zero attached hydrogens (tertiary/aromatic N) is 3. The van der Waals surface area contributed by atoms with Crippen LogP contribution in [0.5, 0.6) is 11.5 Å². The molecule has 0 saturated carbocycles. The molecule has 0 bridgehead atoms. The number of alkyl halides is 3. The number of fused-ring (bicyclic) bond motifs is 1. The predicted octanol–water partition coefficient (Wildman–Crippen LogP) is 2.95. The van der Waals surface area contributed by atoms with Crippen molar-refractivity contribution in [2.45, 2.75) is 12.7 Å². The lowest BCUT2D eigenvalue weighted by Crippen LogP contribution is -2.50. The normalized spacial score (nSPS) is 15.4. The van der Waals surface area contributed by atoms with E-state index in [1.54, 1.807) is 12.3 Å². The first-order valence-corrected chi connectivity index (χ1v) is 9.34. The second-order valence-electron chi connectivity index (χ2n) is 6.56. The number of ether oxygens (including phenoxy) is 2. The largest absolute Gasteiger partial charge is 0.490 e. The van der Waals surface area contributed by atoms with Crippen molar-refractivity contribution in [1.29, 1.82) is 0 Å². The first-order valence-electron chi connectivity index (χ1n) is 8.96. The van der Waals surface area contributed by atoms with Crippen LogP contribution in [-0.4, -0.2) is 59.5 Å². The molecule has 1 N–H and O–H groups in total. The molecule has 0 unspecified atom stereocenters. The van der Waals surface area contributed by atoms with Gasteiger partial charge in [-0.25, -0.2) is 9.78 Å². The molecule has 1 amide bonds. The average molecular weight is 460 g/mol. The zero-order valence-corrected chi connectivity index (χ0v) is 16.7. The number of halogens is 4.